The van der Waals surface area contributed by atoms with Crippen LogP contribution in [0.25, 0.3) is 11.2 Å². The highest BCUT2D eigenvalue weighted by Gasteiger charge is 2.11. The number of aromatic amines is 1. The Kier molecular flexibility index (Phi) is 3.62. The fraction of sp³-hybridized carbons (Fsp3) is 0.200. The lowest BCUT2D eigenvalue weighted by Gasteiger charge is -2.06. The van der Waals surface area contributed by atoms with E-state index in [1.165, 1.54) is 17.7 Å². The van der Waals surface area contributed by atoms with Gasteiger partial charge in [0, 0.05) is 0 Å². The zero-order valence-corrected chi connectivity index (χ0v) is 12.3. The maximum Gasteiger partial charge on any atom is 0.245 e. The molecule has 108 valence electrons. The molecule has 3 heterocycles. The molecule has 0 radical (unpaired) electrons. The van der Waals surface area contributed by atoms with Gasteiger partial charge in [0.15, 0.2) is 11.5 Å². The maximum atomic E-state index is 11.8. The molecule has 0 fully saturated rings. The van der Waals surface area contributed by atoms with Crippen LogP contribution in [0.2, 0.25) is 5.28 Å². The summed E-state index contributed by atoms with van der Waals surface area (Å²) in [5, 5.41) is 14.4. The summed E-state index contributed by atoms with van der Waals surface area (Å²) in [6.45, 7) is 1.81. The first kappa shape index (κ1) is 13.6. The number of hydrogen-bond donors (Lipinski definition) is 3. The fourth-order valence-electron chi connectivity index (χ4n) is 1.61. The number of amides is 1. The van der Waals surface area contributed by atoms with Gasteiger partial charge in [0.2, 0.25) is 16.3 Å². The van der Waals surface area contributed by atoms with Gasteiger partial charge in [-0.05, 0) is 18.5 Å². The summed E-state index contributed by atoms with van der Waals surface area (Å²) in [6.07, 6.45) is 1.48. The zero-order chi connectivity index (χ0) is 14.8. The van der Waals surface area contributed by atoms with Gasteiger partial charge >= 0.3 is 0 Å². The van der Waals surface area contributed by atoms with Crippen LogP contribution in [0.15, 0.2) is 6.33 Å². The maximum absolute atomic E-state index is 11.8. The lowest BCUT2D eigenvalue weighted by molar-refractivity contribution is -0.114. The summed E-state index contributed by atoms with van der Waals surface area (Å²) in [5.41, 5.74) is 1.01. The van der Waals surface area contributed by atoms with Crippen molar-refractivity contribution in [3.8, 4) is 0 Å². The van der Waals surface area contributed by atoms with Crippen molar-refractivity contribution in [1.29, 1.82) is 0 Å². The average molecular weight is 325 g/mol. The van der Waals surface area contributed by atoms with E-state index < -0.39 is 0 Å². The van der Waals surface area contributed by atoms with E-state index in [-0.39, 0.29) is 17.7 Å². The number of rotatable bonds is 4. The van der Waals surface area contributed by atoms with Crippen LogP contribution in [0.3, 0.4) is 0 Å². The van der Waals surface area contributed by atoms with Gasteiger partial charge in [-0.3, -0.25) is 10.1 Å². The Morgan fingerprint density at radius 1 is 1.43 bits per heavy atom. The van der Waals surface area contributed by atoms with Crippen LogP contribution in [0.5, 0.6) is 0 Å². The number of aryl methyl sites for hydroxylation is 1. The molecule has 3 rings (SSSR count). The molecule has 0 atom stereocenters. The third-order valence-corrected chi connectivity index (χ3v) is 3.37. The number of nitrogens with one attached hydrogen (secondary N) is 3. The third kappa shape index (κ3) is 3.06. The Morgan fingerprint density at radius 3 is 3.05 bits per heavy atom. The van der Waals surface area contributed by atoms with E-state index in [0.29, 0.717) is 22.1 Å². The van der Waals surface area contributed by atoms with E-state index in [1.807, 2.05) is 6.92 Å². The summed E-state index contributed by atoms with van der Waals surface area (Å²) >= 11 is 7.09. The molecule has 3 N–H and O–H groups in total. The summed E-state index contributed by atoms with van der Waals surface area (Å²) in [4.78, 5) is 26.7. The van der Waals surface area contributed by atoms with Crippen molar-refractivity contribution in [2.24, 2.45) is 0 Å². The molecule has 11 heteroatoms. The molecule has 0 saturated heterocycles. The molecular formula is C10H9ClN8OS. The van der Waals surface area contributed by atoms with Crippen molar-refractivity contribution in [3.05, 3.63) is 16.6 Å². The highest BCUT2D eigenvalue weighted by atomic mass is 35.5. The average Bonchev–Trinajstić information content (AvgIpc) is 3.04. The van der Waals surface area contributed by atoms with E-state index in [1.54, 1.807) is 0 Å². The van der Waals surface area contributed by atoms with Gasteiger partial charge < -0.3 is 10.3 Å². The number of halogens is 1. The standard InChI is InChI=1S/C10H9ClN8OS/c1-4-18-19-10(21-4)15-5(20)2-12-7-6-8(14-3-13-6)17-9(11)16-7/h3H,2H2,1H3,(H,15,19,20)(H2,12,13,14,16,17). The number of anilines is 2. The molecule has 0 aromatic carbocycles. The summed E-state index contributed by atoms with van der Waals surface area (Å²) < 4.78 is 0. The second-order valence-electron chi connectivity index (χ2n) is 3.97. The molecule has 3 aromatic heterocycles. The van der Waals surface area contributed by atoms with Crippen molar-refractivity contribution in [1.82, 2.24) is 30.1 Å². The first-order chi connectivity index (χ1) is 10.1. The van der Waals surface area contributed by atoms with Gasteiger partial charge in [-0.15, -0.1) is 10.2 Å². The fourth-order valence-corrected chi connectivity index (χ4v) is 2.38. The van der Waals surface area contributed by atoms with Crippen molar-refractivity contribution in [2.75, 3.05) is 17.2 Å². The van der Waals surface area contributed by atoms with Crippen LogP contribution >= 0.6 is 22.9 Å². The second kappa shape index (κ2) is 5.58. The number of fused-ring (bicyclic) bond motifs is 1. The molecule has 0 aliphatic rings. The molecule has 0 aliphatic carbocycles. The highest BCUT2D eigenvalue weighted by Crippen LogP contribution is 2.18. The summed E-state index contributed by atoms with van der Waals surface area (Å²) in [7, 11) is 0. The van der Waals surface area contributed by atoms with Crippen molar-refractivity contribution < 1.29 is 4.79 Å². The van der Waals surface area contributed by atoms with Crippen LogP contribution in [0.4, 0.5) is 10.9 Å². The number of carbonyl (C=O) groups is 1. The first-order valence-electron chi connectivity index (χ1n) is 5.82. The Labute approximate surface area is 127 Å². The molecule has 0 bridgehead atoms. The number of nitrogens with zero attached hydrogens (tertiary/aromatic N) is 5. The van der Waals surface area contributed by atoms with Crippen LogP contribution < -0.4 is 10.6 Å². The topological polar surface area (TPSA) is 121 Å². The SMILES string of the molecule is Cc1nnc(NC(=O)CNc2nc(Cl)nc3nc[nH]c23)s1. The molecule has 21 heavy (non-hydrogen) atoms. The smallest absolute Gasteiger partial charge is 0.245 e. The minimum Gasteiger partial charge on any atom is -0.359 e. The minimum absolute atomic E-state index is 0.0000891. The van der Waals surface area contributed by atoms with E-state index >= 15 is 0 Å². The number of imidazole rings is 1. The Morgan fingerprint density at radius 2 is 2.29 bits per heavy atom. The van der Waals surface area contributed by atoms with Crippen molar-refractivity contribution >= 4 is 51.0 Å². The molecule has 0 unspecified atom stereocenters. The van der Waals surface area contributed by atoms with Gasteiger partial charge in [0.25, 0.3) is 0 Å². The lowest BCUT2D eigenvalue weighted by Crippen LogP contribution is -2.22. The molecule has 0 spiro atoms. The van der Waals surface area contributed by atoms with Gasteiger partial charge in [-0.2, -0.15) is 9.97 Å². The lowest BCUT2D eigenvalue weighted by atomic mass is 10.4. The predicted molar refractivity (Wildman–Crippen MR) is 78.5 cm³/mol. The van der Waals surface area contributed by atoms with E-state index in [2.05, 4.69) is 40.8 Å². The quantitative estimate of drug-likeness (QED) is 0.617. The third-order valence-electron chi connectivity index (χ3n) is 2.45. The molecular weight excluding hydrogens is 316 g/mol. The molecule has 1 amide bonds. The van der Waals surface area contributed by atoms with E-state index in [0.717, 1.165) is 5.01 Å². The Bertz CT molecular complexity index is 799. The van der Waals surface area contributed by atoms with Gasteiger partial charge in [-0.25, -0.2) is 4.98 Å². The Balaban J connectivity index is 1.68. The van der Waals surface area contributed by atoms with Crippen LogP contribution in [-0.4, -0.2) is 42.6 Å². The normalized spacial score (nSPS) is 10.8. The number of hydrogen-bond acceptors (Lipinski definition) is 8. The number of carbonyl (C=O) groups excluding carboxylic acids is 1. The highest BCUT2D eigenvalue weighted by molar-refractivity contribution is 7.15. The number of H-pyrrole nitrogens is 1. The molecule has 9 nitrogen and oxygen atoms in total. The largest absolute Gasteiger partial charge is 0.359 e. The van der Waals surface area contributed by atoms with Crippen molar-refractivity contribution in [2.45, 2.75) is 6.92 Å². The van der Waals surface area contributed by atoms with Crippen LogP contribution in [0.1, 0.15) is 5.01 Å². The number of aromatic nitrogens is 6. The minimum atomic E-state index is -0.270. The summed E-state index contributed by atoms with van der Waals surface area (Å²) in [5.74, 6) is 0.139. The second-order valence-corrected chi connectivity index (χ2v) is 5.49. The van der Waals surface area contributed by atoms with Crippen LogP contribution in [-0.2, 0) is 4.79 Å². The summed E-state index contributed by atoms with van der Waals surface area (Å²) in [6, 6.07) is 0. The van der Waals surface area contributed by atoms with Gasteiger partial charge in [0.05, 0.1) is 12.9 Å². The first-order valence-corrected chi connectivity index (χ1v) is 7.02. The predicted octanol–water partition coefficient (Wildman–Crippen LogP) is 1.22. The molecule has 0 aliphatic heterocycles. The van der Waals surface area contributed by atoms with Gasteiger partial charge in [0.1, 0.15) is 10.5 Å². The monoisotopic (exact) mass is 324 g/mol. The Hall–Kier alpha value is -2.33. The van der Waals surface area contributed by atoms with E-state index in [9.17, 15) is 4.79 Å². The van der Waals surface area contributed by atoms with Crippen LogP contribution in [0, 0.1) is 6.92 Å². The zero-order valence-electron chi connectivity index (χ0n) is 10.7. The molecule has 0 saturated carbocycles. The van der Waals surface area contributed by atoms with Gasteiger partial charge in [-0.1, -0.05) is 11.3 Å². The van der Waals surface area contributed by atoms with Crippen molar-refractivity contribution in [3.63, 3.8) is 0 Å². The molecule has 3 aromatic rings. The van der Waals surface area contributed by atoms with E-state index in [4.69, 9.17) is 11.6 Å².